The molecule has 0 radical (unpaired) electrons. The van der Waals surface area contributed by atoms with E-state index in [9.17, 15) is 22.5 Å². The standard InChI is InChI=1S/C22H18F2N8O3S2/c23-17(24)20-28-29-21(36-20)32-15-6-13(37(33,34)30-22(9-25)3-4-22)1-2-14(15)16-18(26-10-27-19(16)32)31-7-12-5-11(31)8-35-12/h1-2,6,10-12,17,30H,3-5,7-8H2/t11-,12-/m1/s1. The number of hydrogen-bond donors (Lipinski definition) is 1. The second-order valence-corrected chi connectivity index (χ2v) is 12.1. The van der Waals surface area contributed by atoms with Gasteiger partial charge in [-0.15, -0.1) is 10.2 Å². The fourth-order valence-corrected chi connectivity index (χ4v) is 7.23. The maximum absolute atomic E-state index is 13.4. The predicted octanol–water partition coefficient (Wildman–Crippen LogP) is 2.67. The summed E-state index contributed by atoms with van der Waals surface area (Å²) in [7, 11) is -4.04. The Morgan fingerprint density at radius 2 is 2.11 bits per heavy atom. The molecule has 2 aliphatic heterocycles. The number of ether oxygens (including phenoxy) is 1. The van der Waals surface area contributed by atoms with Gasteiger partial charge in [0.1, 0.15) is 17.7 Å². The molecular formula is C22H18F2N8O3S2. The first kappa shape index (κ1) is 22.8. The van der Waals surface area contributed by atoms with Gasteiger partial charge in [-0.1, -0.05) is 17.4 Å². The number of hydrogen-bond acceptors (Lipinski definition) is 10. The zero-order valence-electron chi connectivity index (χ0n) is 19.0. The Balaban J connectivity index is 1.46. The number of anilines is 1. The Labute approximate surface area is 212 Å². The van der Waals surface area contributed by atoms with Crippen molar-refractivity contribution in [2.24, 2.45) is 0 Å². The summed E-state index contributed by atoms with van der Waals surface area (Å²) in [6.07, 6.45) is 0.466. The average molecular weight is 545 g/mol. The Bertz CT molecular complexity index is 1730. The fourth-order valence-electron chi connectivity index (χ4n) is 5.12. The third-order valence-corrected chi connectivity index (χ3v) is 9.53. The van der Waals surface area contributed by atoms with Crippen LogP contribution in [0.15, 0.2) is 29.4 Å². The van der Waals surface area contributed by atoms with Gasteiger partial charge in [-0.3, -0.25) is 4.57 Å². The molecule has 2 bridgehead atoms. The molecule has 11 nitrogen and oxygen atoms in total. The molecule has 5 heterocycles. The molecule has 15 heteroatoms. The van der Waals surface area contributed by atoms with E-state index in [1.807, 2.05) is 6.07 Å². The van der Waals surface area contributed by atoms with Gasteiger partial charge in [-0.2, -0.15) is 9.98 Å². The van der Waals surface area contributed by atoms with Crippen LogP contribution in [0.3, 0.4) is 0 Å². The minimum atomic E-state index is -4.04. The van der Waals surface area contributed by atoms with Gasteiger partial charge in [0.15, 0.2) is 10.7 Å². The van der Waals surface area contributed by atoms with Crippen LogP contribution >= 0.6 is 11.3 Å². The Kier molecular flexibility index (Phi) is 4.84. The third-order valence-electron chi connectivity index (χ3n) is 7.08. The first-order valence-electron chi connectivity index (χ1n) is 11.5. The largest absolute Gasteiger partial charge is 0.374 e. The average Bonchev–Trinajstić information content (AvgIpc) is 3.34. The Hall–Kier alpha value is -3.32. The highest BCUT2D eigenvalue weighted by molar-refractivity contribution is 7.89. The number of fused-ring (bicyclic) bond motifs is 5. The van der Waals surface area contributed by atoms with Crippen LogP contribution in [0, 0.1) is 11.3 Å². The summed E-state index contributed by atoms with van der Waals surface area (Å²) in [5.41, 5.74) is -0.292. The summed E-state index contributed by atoms with van der Waals surface area (Å²) in [4.78, 5) is 11.1. The van der Waals surface area contributed by atoms with Crippen molar-refractivity contribution in [2.75, 3.05) is 18.1 Å². The van der Waals surface area contributed by atoms with E-state index in [0.717, 1.165) is 6.42 Å². The van der Waals surface area contributed by atoms with Gasteiger partial charge in [-0.25, -0.2) is 27.2 Å². The van der Waals surface area contributed by atoms with Crippen molar-refractivity contribution in [3.8, 4) is 11.2 Å². The lowest BCUT2D eigenvalue weighted by molar-refractivity contribution is 0.0990. The van der Waals surface area contributed by atoms with Crippen molar-refractivity contribution in [3.63, 3.8) is 0 Å². The summed E-state index contributed by atoms with van der Waals surface area (Å²) in [5.74, 6) is 0.665. The van der Waals surface area contributed by atoms with E-state index in [1.54, 1.807) is 10.6 Å². The molecule has 3 aromatic heterocycles. The highest BCUT2D eigenvalue weighted by Crippen LogP contribution is 2.42. The number of halogens is 2. The van der Waals surface area contributed by atoms with Crippen LogP contribution in [0.1, 0.15) is 30.7 Å². The van der Waals surface area contributed by atoms with Crippen LogP contribution in [0.25, 0.3) is 27.1 Å². The van der Waals surface area contributed by atoms with Crippen molar-refractivity contribution in [3.05, 3.63) is 29.5 Å². The maximum atomic E-state index is 13.4. The number of nitrogens with zero attached hydrogens (tertiary/aromatic N) is 7. The van der Waals surface area contributed by atoms with E-state index in [-0.39, 0.29) is 22.2 Å². The lowest BCUT2D eigenvalue weighted by Crippen LogP contribution is -2.37. The van der Waals surface area contributed by atoms with Crippen molar-refractivity contribution >= 4 is 49.1 Å². The third kappa shape index (κ3) is 3.51. The predicted molar refractivity (Wildman–Crippen MR) is 128 cm³/mol. The Morgan fingerprint density at radius 1 is 1.27 bits per heavy atom. The van der Waals surface area contributed by atoms with E-state index >= 15 is 0 Å². The van der Waals surface area contributed by atoms with Gasteiger partial charge in [0, 0.05) is 11.9 Å². The molecule has 190 valence electrons. The van der Waals surface area contributed by atoms with Crippen LogP contribution in [-0.2, 0) is 14.8 Å². The lowest BCUT2D eigenvalue weighted by Gasteiger charge is -2.28. The number of alkyl halides is 2. The van der Waals surface area contributed by atoms with Crippen LogP contribution in [0.5, 0.6) is 0 Å². The second kappa shape index (κ2) is 7.84. The molecule has 2 saturated heterocycles. The number of nitrogens with one attached hydrogen (secondary N) is 1. The van der Waals surface area contributed by atoms with Crippen molar-refractivity contribution < 1.29 is 21.9 Å². The molecule has 7 rings (SSSR count). The summed E-state index contributed by atoms with van der Waals surface area (Å²) in [6, 6.07) is 6.73. The van der Waals surface area contributed by atoms with Gasteiger partial charge >= 0.3 is 0 Å². The van der Waals surface area contributed by atoms with E-state index in [0.29, 0.717) is 65.1 Å². The molecule has 3 fully saturated rings. The normalized spacial score (nSPS) is 22.4. The van der Waals surface area contributed by atoms with E-state index in [4.69, 9.17) is 4.74 Å². The zero-order chi connectivity index (χ0) is 25.5. The minimum absolute atomic E-state index is 0.0627. The molecule has 4 aromatic rings. The second-order valence-electron chi connectivity index (χ2n) is 9.43. The molecular weight excluding hydrogens is 526 g/mol. The summed E-state index contributed by atoms with van der Waals surface area (Å²) in [5, 5.41) is 17.9. The highest BCUT2D eigenvalue weighted by atomic mass is 32.2. The molecule has 0 spiro atoms. The number of benzene rings is 1. The van der Waals surface area contributed by atoms with E-state index < -0.39 is 27.0 Å². The summed E-state index contributed by atoms with van der Waals surface area (Å²) >= 11 is 0.704. The fraction of sp³-hybridized carbons (Fsp3) is 0.409. The zero-order valence-corrected chi connectivity index (χ0v) is 20.6. The number of nitriles is 1. The van der Waals surface area contributed by atoms with Gasteiger partial charge in [0.05, 0.1) is 40.6 Å². The number of sulfonamides is 1. The van der Waals surface area contributed by atoms with Crippen molar-refractivity contribution in [1.82, 2.24) is 29.5 Å². The molecule has 37 heavy (non-hydrogen) atoms. The van der Waals surface area contributed by atoms with Gasteiger partial charge in [0.25, 0.3) is 6.43 Å². The smallest absolute Gasteiger partial charge is 0.291 e. The van der Waals surface area contributed by atoms with E-state index in [2.05, 4.69) is 29.8 Å². The number of rotatable bonds is 6. The van der Waals surface area contributed by atoms with Crippen molar-refractivity contribution in [2.45, 2.75) is 48.3 Å². The molecule has 0 amide bonds. The van der Waals surface area contributed by atoms with Crippen LogP contribution < -0.4 is 9.62 Å². The minimum Gasteiger partial charge on any atom is -0.374 e. The van der Waals surface area contributed by atoms with Gasteiger partial charge < -0.3 is 9.64 Å². The quantitative estimate of drug-likeness (QED) is 0.388. The SMILES string of the molecule is N#CC1(NS(=O)(=O)c2ccc3c4c(N5C[C@H]6C[C@@H]5CO6)ncnc4n(-c4nnc(C(F)F)s4)c3c2)CC1. The van der Waals surface area contributed by atoms with Gasteiger partial charge in [0.2, 0.25) is 15.2 Å². The first-order chi connectivity index (χ1) is 17.8. The monoisotopic (exact) mass is 544 g/mol. The summed E-state index contributed by atoms with van der Waals surface area (Å²) in [6.45, 7) is 1.24. The number of morpholine rings is 1. The summed E-state index contributed by atoms with van der Waals surface area (Å²) < 4.78 is 62.8. The molecule has 1 aliphatic carbocycles. The maximum Gasteiger partial charge on any atom is 0.291 e. The molecule has 3 aliphatic rings. The topological polar surface area (TPSA) is 139 Å². The molecule has 2 atom stereocenters. The lowest BCUT2D eigenvalue weighted by atomic mass is 10.2. The molecule has 1 N–H and O–H groups in total. The molecule has 1 aromatic carbocycles. The number of aromatic nitrogens is 5. The van der Waals surface area contributed by atoms with Crippen LogP contribution in [-0.4, -0.2) is 64.0 Å². The van der Waals surface area contributed by atoms with Crippen LogP contribution in [0.4, 0.5) is 14.6 Å². The molecule has 1 saturated carbocycles. The van der Waals surface area contributed by atoms with E-state index in [1.165, 1.54) is 18.5 Å². The van der Waals surface area contributed by atoms with Crippen molar-refractivity contribution in [1.29, 1.82) is 5.26 Å². The molecule has 0 unspecified atom stereocenters. The highest BCUT2D eigenvalue weighted by Gasteiger charge is 2.47. The first-order valence-corrected chi connectivity index (χ1v) is 13.8. The van der Waals surface area contributed by atoms with Crippen LogP contribution in [0.2, 0.25) is 0 Å². The Morgan fingerprint density at radius 3 is 2.76 bits per heavy atom. The van der Waals surface area contributed by atoms with Gasteiger partial charge in [-0.05, 0) is 31.4 Å².